The molecule has 2 aliphatic heterocycles. The van der Waals surface area contributed by atoms with Crippen LogP contribution < -0.4 is 4.74 Å². The highest BCUT2D eigenvalue weighted by Crippen LogP contribution is 2.56. The minimum absolute atomic E-state index is 0.125. The van der Waals surface area contributed by atoms with Gasteiger partial charge in [0.05, 0.1) is 0 Å². The first-order valence-electron chi connectivity index (χ1n) is 10.6. The molecule has 3 aliphatic rings. The molecule has 0 unspecified atom stereocenters. The van der Waals surface area contributed by atoms with E-state index in [4.69, 9.17) is 24.5 Å². The summed E-state index contributed by atoms with van der Waals surface area (Å²) in [5.41, 5.74) is 2.79. The molecule has 1 saturated carbocycles. The molecule has 3 atom stereocenters. The number of nitrogens with zero attached hydrogens (tertiary/aromatic N) is 1. The van der Waals surface area contributed by atoms with Gasteiger partial charge in [-0.1, -0.05) is 36.8 Å². The van der Waals surface area contributed by atoms with Crippen molar-refractivity contribution in [1.29, 1.82) is 0 Å². The van der Waals surface area contributed by atoms with Crippen LogP contribution in [0.4, 0.5) is 0 Å². The lowest BCUT2D eigenvalue weighted by Gasteiger charge is -2.52. The third-order valence-electron chi connectivity index (χ3n) is 6.80. The molecule has 0 radical (unpaired) electrons. The molecule has 1 aliphatic carbocycles. The monoisotopic (exact) mass is 425 g/mol. The van der Waals surface area contributed by atoms with Crippen molar-refractivity contribution in [1.82, 2.24) is 4.90 Å². The van der Waals surface area contributed by atoms with E-state index in [9.17, 15) is 5.11 Å². The van der Waals surface area contributed by atoms with Crippen LogP contribution in [0, 0.1) is 0 Å². The van der Waals surface area contributed by atoms with Crippen molar-refractivity contribution in [2.75, 3.05) is 13.1 Å². The normalized spacial score (nSPS) is 25.9. The number of aromatic hydroxyl groups is 1. The first-order chi connectivity index (χ1) is 14.9. The van der Waals surface area contributed by atoms with Gasteiger partial charge in [0.25, 0.3) is 0 Å². The van der Waals surface area contributed by atoms with E-state index >= 15 is 0 Å². The van der Waals surface area contributed by atoms with Crippen LogP contribution in [0.15, 0.2) is 48.5 Å². The zero-order chi connectivity index (χ0) is 22.0. The quantitative estimate of drug-likeness (QED) is 0.649. The van der Waals surface area contributed by atoms with Crippen LogP contribution in [0.5, 0.6) is 11.5 Å². The van der Waals surface area contributed by atoms with E-state index in [1.807, 2.05) is 12.1 Å². The van der Waals surface area contributed by atoms with Gasteiger partial charge in [0.1, 0.15) is 17.6 Å². The Morgan fingerprint density at radius 1 is 1.06 bits per heavy atom. The third kappa shape index (κ3) is 4.10. The number of fused-ring (bicyclic) bond motifs is 1. The minimum atomic E-state index is -1.82. The van der Waals surface area contributed by atoms with Crippen LogP contribution >= 0.6 is 0 Å². The lowest BCUT2D eigenvalue weighted by Crippen LogP contribution is -2.62. The van der Waals surface area contributed by atoms with Gasteiger partial charge in [0, 0.05) is 23.6 Å². The van der Waals surface area contributed by atoms with Crippen molar-refractivity contribution >= 4 is 11.9 Å². The average Bonchev–Trinajstić information content (AvgIpc) is 3.09. The second kappa shape index (κ2) is 8.59. The minimum Gasteiger partial charge on any atom is -0.508 e. The highest BCUT2D eigenvalue weighted by Gasteiger charge is 2.57. The summed E-state index contributed by atoms with van der Waals surface area (Å²) in [6.45, 7) is 2.23. The summed E-state index contributed by atoms with van der Waals surface area (Å²) in [4.78, 5) is 20.9. The molecule has 0 aromatic heterocycles. The van der Waals surface area contributed by atoms with Crippen LogP contribution in [0.3, 0.4) is 0 Å². The summed E-state index contributed by atoms with van der Waals surface area (Å²) in [6.07, 6.45) is 6.16. The van der Waals surface area contributed by atoms with Crippen molar-refractivity contribution in [3.8, 4) is 11.5 Å². The molecular formula is C24H27NO6. The number of carboxylic acids is 2. The Kier molecular flexibility index (Phi) is 5.87. The molecule has 0 amide bonds. The molecule has 2 aromatic carbocycles. The maximum atomic E-state index is 9.98. The second-order valence-corrected chi connectivity index (χ2v) is 8.47. The Hall–Kier alpha value is -3.06. The molecular weight excluding hydrogens is 398 g/mol. The Bertz CT molecular complexity index is 950. The molecule has 2 fully saturated rings. The Labute approximate surface area is 180 Å². The fourth-order valence-electron chi connectivity index (χ4n) is 5.39. The van der Waals surface area contributed by atoms with Gasteiger partial charge in [-0.2, -0.15) is 0 Å². The number of carboxylic acid groups (broad SMARTS) is 2. The third-order valence-corrected chi connectivity index (χ3v) is 6.80. The predicted molar refractivity (Wildman–Crippen MR) is 113 cm³/mol. The summed E-state index contributed by atoms with van der Waals surface area (Å²) in [5, 5.41) is 24.8. The summed E-state index contributed by atoms with van der Waals surface area (Å²) in [6, 6.07) is 16.9. The van der Waals surface area contributed by atoms with Gasteiger partial charge < -0.3 is 20.1 Å². The number of hydrogen-bond donors (Lipinski definition) is 3. The molecule has 31 heavy (non-hydrogen) atoms. The lowest BCUT2D eigenvalue weighted by atomic mass is 9.62. The number of rotatable bonds is 3. The van der Waals surface area contributed by atoms with E-state index < -0.39 is 11.9 Å². The fraction of sp³-hybridized carbons (Fsp3) is 0.417. The van der Waals surface area contributed by atoms with Crippen LogP contribution in [0.2, 0.25) is 0 Å². The van der Waals surface area contributed by atoms with Crippen molar-refractivity contribution in [2.45, 2.75) is 49.7 Å². The van der Waals surface area contributed by atoms with Gasteiger partial charge in [-0.15, -0.1) is 0 Å². The summed E-state index contributed by atoms with van der Waals surface area (Å²) < 4.78 is 6.45. The number of phenols is 1. The highest BCUT2D eigenvalue weighted by molar-refractivity contribution is 6.27. The van der Waals surface area contributed by atoms with Crippen LogP contribution in [0.25, 0.3) is 0 Å². The number of phenolic OH excluding ortho intramolecular Hbond substituents is 1. The zero-order valence-electron chi connectivity index (χ0n) is 17.2. The number of benzene rings is 2. The smallest absolute Gasteiger partial charge is 0.414 e. The maximum absolute atomic E-state index is 9.98. The molecule has 2 bridgehead atoms. The van der Waals surface area contributed by atoms with Crippen molar-refractivity contribution in [3.05, 3.63) is 59.7 Å². The number of piperidine rings is 1. The van der Waals surface area contributed by atoms with Gasteiger partial charge in [0.15, 0.2) is 0 Å². The zero-order valence-corrected chi connectivity index (χ0v) is 17.2. The van der Waals surface area contributed by atoms with Crippen LogP contribution in [-0.2, 0) is 21.4 Å². The van der Waals surface area contributed by atoms with E-state index in [1.165, 1.54) is 30.4 Å². The largest absolute Gasteiger partial charge is 0.508 e. The molecule has 2 aromatic rings. The highest BCUT2D eigenvalue weighted by atomic mass is 16.5. The first-order valence-corrected chi connectivity index (χ1v) is 10.6. The number of ether oxygens (including phenoxy) is 1. The van der Waals surface area contributed by atoms with Gasteiger partial charge >= 0.3 is 11.9 Å². The summed E-state index contributed by atoms with van der Waals surface area (Å²) >= 11 is 0. The van der Waals surface area contributed by atoms with Crippen molar-refractivity contribution in [3.63, 3.8) is 0 Å². The molecule has 3 N–H and O–H groups in total. The van der Waals surface area contributed by atoms with Gasteiger partial charge in [0.2, 0.25) is 0 Å². The van der Waals surface area contributed by atoms with E-state index in [2.05, 4.69) is 35.2 Å². The summed E-state index contributed by atoms with van der Waals surface area (Å²) in [5.74, 6) is -2.28. The van der Waals surface area contributed by atoms with E-state index in [-0.39, 0.29) is 11.5 Å². The molecule has 7 nitrogen and oxygen atoms in total. The van der Waals surface area contributed by atoms with Crippen LogP contribution in [-0.4, -0.2) is 57.4 Å². The molecule has 7 heteroatoms. The Balaban J connectivity index is 0.000000342. The van der Waals surface area contributed by atoms with E-state index in [0.29, 0.717) is 11.8 Å². The lowest BCUT2D eigenvalue weighted by molar-refractivity contribution is -0.159. The Morgan fingerprint density at radius 2 is 1.81 bits per heavy atom. The van der Waals surface area contributed by atoms with Crippen molar-refractivity contribution < 1.29 is 29.6 Å². The number of likely N-dealkylation sites (tertiary alicyclic amines) is 1. The van der Waals surface area contributed by atoms with Crippen molar-refractivity contribution in [2.24, 2.45) is 0 Å². The predicted octanol–water partition coefficient (Wildman–Crippen LogP) is 3.05. The number of carbonyl (C=O) groups is 2. The number of hydrogen-bond acceptors (Lipinski definition) is 5. The van der Waals surface area contributed by atoms with Gasteiger partial charge in [-0.05, 0) is 56.0 Å². The number of aliphatic carboxylic acids is 2. The first kappa shape index (κ1) is 21.2. The Morgan fingerprint density at radius 3 is 2.52 bits per heavy atom. The standard InChI is InChI=1S/C22H25NO2.C2H2O4/c24-17-8-9-20-18(15-17)22-11-4-7-19(21(22)25-20)23(14-12-22)13-10-16-5-2-1-3-6-16;3-1(4)2(5)6/h1-3,5-6,8-9,15,19,21,24H,4,7,10-14H2;(H,3,4)(H,5,6)/t19-,21-,22-;/m1./s1. The SMILES string of the molecule is O=C(O)C(=O)O.Oc1ccc2c(c1)[C@]13CCC[C@H]([C@H]1O2)N(CCc1ccccc1)CC3. The topological polar surface area (TPSA) is 107 Å². The molecule has 1 saturated heterocycles. The average molecular weight is 425 g/mol. The fourth-order valence-corrected chi connectivity index (χ4v) is 5.39. The molecule has 164 valence electrons. The van der Waals surface area contributed by atoms with E-state index in [1.54, 1.807) is 6.07 Å². The summed E-state index contributed by atoms with van der Waals surface area (Å²) in [7, 11) is 0. The maximum Gasteiger partial charge on any atom is 0.414 e. The van der Waals surface area contributed by atoms with Crippen LogP contribution in [0.1, 0.15) is 36.8 Å². The second-order valence-electron chi connectivity index (χ2n) is 8.47. The van der Waals surface area contributed by atoms with Gasteiger partial charge in [-0.3, -0.25) is 4.90 Å². The van der Waals surface area contributed by atoms with E-state index in [0.717, 1.165) is 31.7 Å². The molecule has 2 heterocycles. The molecule has 5 rings (SSSR count). The molecule has 0 spiro atoms. The van der Waals surface area contributed by atoms with Gasteiger partial charge in [-0.25, -0.2) is 9.59 Å².